The van der Waals surface area contributed by atoms with Gasteiger partial charge in [0.1, 0.15) is 5.15 Å². The van der Waals surface area contributed by atoms with Gasteiger partial charge in [-0.3, -0.25) is 0 Å². The third-order valence-electron chi connectivity index (χ3n) is 1.88. The standard InChI is InChI=1S/C10H8ClFN2OS/c1-15-8-4-6(2-3-7(8)12)13-10-14-9(11)5-16-10/h2-5H,1H3,(H,13,14). The van der Waals surface area contributed by atoms with Crippen LogP contribution in [0.25, 0.3) is 0 Å². The van der Waals surface area contributed by atoms with Crippen LogP contribution in [0.15, 0.2) is 23.6 Å². The predicted molar refractivity (Wildman–Crippen MR) is 63.4 cm³/mol. The van der Waals surface area contributed by atoms with E-state index in [9.17, 15) is 4.39 Å². The molecule has 2 rings (SSSR count). The Kier molecular flexibility index (Phi) is 3.26. The van der Waals surface area contributed by atoms with Crippen molar-refractivity contribution in [3.05, 3.63) is 34.5 Å². The molecule has 0 atom stereocenters. The van der Waals surface area contributed by atoms with Crippen LogP contribution in [0.4, 0.5) is 15.2 Å². The van der Waals surface area contributed by atoms with Crippen LogP contribution >= 0.6 is 22.9 Å². The molecule has 6 heteroatoms. The van der Waals surface area contributed by atoms with Crippen LogP contribution in [0.3, 0.4) is 0 Å². The molecule has 0 unspecified atom stereocenters. The van der Waals surface area contributed by atoms with Gasteiger partial charge in [-0.1, -0.05) is 11.6 Å². The Labute approximate surface area is 101 Å². The van der Waals surface area contributed by atoms with Crippen molar-refractivity contribution in [3.8, 4) is 5.75 Å². The van der Waals surface area contributed by atoms with Crippen LogP contribution < -0.4 is 10.1 Å². The van der Waals surface area contributed by atoms with E-state index in [0.717, 1.165) is 0 Å². The molecule has 0 amide bonds. The first-order chi connectivity index (χ1) is 7.69. The molecular weight excluding hydrogens is 251 g/mol. The van der Waals surface area contributed by atoms with E-state index in [1.807, 2.05) is 0 Å². The van der Waals surface area contributed by atoms with Crippen LogP contribution in [0.1, 0.15) is 0 Å². The molecule has 0 bridgehead atoms. The highest BCUT2D eigenvalue weighted by Gasteiger charge is 2.05. The number of hydrogen-bond acceptors (Lipinski definition) is 4. The molecule has 1 heterocycles. The van der Waals surface area contributed by atoms with E-state index in [4.69, 9.17) is 16.3 Å². The lowest BCUT2D eigenvalue weighted by Gasteiger charge is -2.05. The summed E-state index contributed by atoms with van der Waals surface area (Å²) >= 11 is 7.06. The van der Waals surface area contributed by atoms with Crippen LogP contribution in [-0.4, -0.2) is 12.1 Å². The second-order valence-electron chi connectivity index (χ2n) is 2.95. The Bertz CT molecular complexity index is 503. The van der Waals surface area contributed by atoms with Crippen molar-refractivity contribution in [2.45, 2.75) is 0 Å². The summed E-state index contributed by atoms with van der Waals surface area (Å²) in [5, 5.41) is 5.80. The first kappa shape index (κ1) is 11.2. The monoisotopic (exact) mass is 258 g/mol. The minimum absolute atomic E-state index is 0.188. The van der Waals surface area contributed by atoms with Gasteiger partial charge in [0.05, 0.1) is 7.11 Å². The fourth-order valence-corrected chi connectivity index (χ4v) is 2.03. The molecule has 0 aliphatic carbocycles. The maximum atomic E-state index is 13.1. The third kappa shape index (κ3) is 2.43. The molecule has 0 fully saturated rings. The summed E-state index contributed by atoms with van der Waals surface area (Å²) in [5.74, 6) is -0.210. The first-order valence-electron chi connectivity index (χ1n) is 4.40. The maximum Gasteiger partial charge on any atom is 0.188 e. The van der Waals surface area contributed by atoms with Crippen molar-refractivity contribution in [1.82, 2.24) is 4.98 Å². The van der Waals surface area contributed by atoms with E-state index >= 15 is 0 Å². The fraction of sp³-hybridized carbons (Fsp3) is 0.100. The molecular formula is C10H8ClFN2OS. The largest absolute Gasteiger partial charge is 0.494 e. The summed E-state index contributed by atoms with van der Waals surface area (Å²) in [6.45, 7) is 0. The molecule has 1 N–H and O–H groups in total. The molecule has 1 aromatic carbocycles. The predicted octanol–water partition coefficient (Wildman–Crippen LogP) is 3.69. The highest BCUT2D eigenvalue weighted by molar-refractivity contribution is 7.14. The smallest absolute Gasteiger partial charge is 0.188 e. The third-order valence-corrected chi connectivity index (χ3v) is 2.96. The van der Waals surface area contributed by atoms with Crippen LogP contribution in [-0.2, 0) is 0 Å². The SMILES string of the molecule is COc1cc(Nc2nc(Cl)cs2)ccc1F. The number of methoxy groups -OCH3 is 1. The van der Waals surface area contributed by atoms with Crippen molar-refractivity contribution in [2.24, 2.45) is 0 Å². The van der Waals surface area contributed by atoms with Gasteiger partial charge >= 0.3 is 0 Å². The number of benzene rings is 1. The molecule has 0 spiro atoms. The quantitative estimate of drug-likeness (QED) is 0.912. The van der Waals surface area contributed by atoms with Crippen molar-refractivity contribution in [3.63, 3.8) is 0 Å². The maximum absolute atomic E-state index is 13.1. The molecule has 0 aliphatic heterocycles. The number of thiazole rings is 1. The number of anilines is 2. The normalized spacial score (nSPS) is 10.2. The zero-order valence-corrected chi connectivity index (χ0v) is 9.90. The highest BCUT2D eigenvalue weighted by atomic mass is 35.5. The average molecular weight is 259 g/mol. The van der Waals surface area contributed by atoms with E-state index in [-0.39, 0.29) is 5.75 Å². The van der Waals surface area contributed by atoms with Crippen molar-refractivity contribution >= 4 is 33.8 Å². The minimum atomic E-state index is -0.398. The van der Waals surface area contributed by atoms with Crippen molar-refractivity contribution < 1.29 is 9.13 Å². The second-order valence-corrected chi connectivity index (χ2v) is 4.20. The minimum Gasteiger partial charge on any atom is -0.494 e. The van der Waals surface area contributed by atoms with E-state index in [0.29, 0.717) is 16.0 Å². The summed E-state index contributed by atoms with van der Waals surface area (Å²) in [7, 11) is 1.42. The zero-order valence-electron chi connectivity index (χ0n) is 8.33. The molecule has 0 aliphatic rings. The number of nitrogens with zero attached hydrogens (tertiary/aromatic N) is 1. The number of ether oxygens (including phenoxy) is 1. The molecule has 1 aromatic heterocycles. The number of aromatic nitrogens is 1. The molecule has 2 aromatic rings. The summed E-state index contributed by atoms with van der Waals surface area (Å²) in [6.07, 6.45) is 0. The van der Waals surface area contributed by atoms with Crippen molar-refractivity contribution in [1.29, 1.82) is 0 Å². The topological polar surface area (TPSA) is 34.1 Å². The first-order valence-corrected chi connectivity index (χ1v) is 5.66. The van der Waals surface area contributed by atoms with Crippen LogP contribution in [0, 0.1) is 5.82 Å². The van der Waals surface area contributed by atoms with Crippen LogP contribution in [0.5, 0.6) is 5.75 Å². The van der Waals surface area contributed by atoms with Gasteiger partial charge in [0.15, 0.2) is 16.7 Å². The molecule has 0 saturated heterocycles. The van der Waals surface area contributed by atoms with Gasteiger partial charge in [-0.2, -0.15) is 0 Å². The molecule has 0 saturated carbocycles. The average Bonchev–Trinajstić information content (AvgIpc) is 2.67. The zero-order chi connectivity index (χ0) is 11.5. The summed E-state index contributed by atoms with van der Waals surface area (Å²) in [6, 6.07) is 4.49. The number of nitrogens with one attached hydrogen (secondary N) is 1. The molecule has 0 radical (unpaired) electrons. The van der Waals surface area contributed by atoms with Gasteiger partial charge in [-0.05, 0) is 12.1 Å². The lowest BCUT2D eigenvalue weighted by Crippen LogP contribution is -1.93. The Hall–Kier alpha value is -1.33. The van der Waals surface area contributed by atoms with Crippen LogP contribution in [0.2, 0.25) is 5.15 Å². The molecule has 16 heavy (non-hydrogen) atoms. The van der Waals surface area contributed by atoms with Gasteiger partial charge in [-0.25, -0.2) is 9.37 Å². The Morgan fingerprint density at radius 1 is 1.50 bits per heavy atom. The Morgan fingerprint density at radius 2 is 2.31 bits per heavy atom. The summed E-state index contributed by atoms with van der Waals surface area (Å²) in [4.78, 5) is 4.02. The van der Waals surface area contributed by atoms with Crippen molar-refractivity contribution in [2.75, 3.05) is 12.4 Å². The highest BCUT2D eigenvalue weighted by Crippen LogP contribution is 2.26. The van der Waals surface area contributed by atoms with Gasteiger partial charge < -0.3 is 10.1 Å². The van der Waals surface area contributed by atoms with E-state index in [1.54, 1.807) is 17.5 Å². The van der Waals surface area contributed by atoms with Gasteiger partial charge in [0, 0.05) is 17.1 Å². The Morgan fingerprint density at radius 3 is 2.94 bits per heavy atom. The molecule has 3 nitrogen and oxygen atoms in total. The van der Waals surface area contributed by atoms with E-state index < -0.39 is 5.82 Å². The van der Waals surface area contributed by atoms with E-state index in [1.165, 1.54) is 24.5 Å². The van der Waals surface area contributed by atoms with Gasteiger partial charge in [-0.15, -0.1) is 11.3 Å². The summed E-state index contributed by atoms with van der Waals surface area (Å²) < 4.78 is 18.0. The fourth-order valence-electron chi connectivity index (χ4n) is 1.17. The number of halogens is 2. The summed E-state index contributed by atoms with van der Waals surface area (Å²) in [5.41, 5.74) is 0.698. The lowest BCUT2D eigenvalue weighted by atomic mass is 10.3. The van der Waals surface area contributed by atoms with E-state index in [2.05, 4.69) is 10.3 Å². The number of hydrogen-bond donors (Lipinski definition) is 1. The number of rotatable bonds is 3. The van der Waals surface area contributed by atoms with Gasteiger partial charge in [0.2, 0.25) is 0 Å². The second kappa shape index (κ2) is 4.67. The Balaban J connectivity index is 2.21. The molecule has 84 valence electrons. The lowest BCUT2D eigenvalue weighted by molar-refractivity contribution is 0.387. The van der Waals surface area contributed by atoms with Gasteiger partial charge in [0.25, 0.3) is 0 Å².